The number of carbonyl (C=O) groups is 1. The fourth-order valence-electron chi connectivity index (χ4n) is 4.14. The Morgan fingerprint density at radius 2 is 1.61 bits per heavy atom. The Morgan fingerprint density at radius 1 is 0.955 bits per heavy atom. The molecular weight excluding hydrogens is 603 g/mol. The smallest absolute Gasteiger partial charge is 0.497 e. The van der Waals surface area contributed by atoms with E-state index in [0.29, 0.717) is 11.3 Å². The van der Waals surface area contributed by atoms with Crippen LogP contribution in [0.2, 0.25) is 0 Å². The van der Waals surface area contributed by atoms with E-state index in [4.69, 9.17) is 9.47 Å². The van der Waals surface area contributed by atoms with Gasteiger partial charge in [-0.25, -0.2) is 23.2 Å². The second-order valence-corrected chi connectivity index (χ2v) is 12.6. The van der Waals surface area contributed by atoms with Gasteiger partial charge in [0.15, 0.2) is 5.75 Å². The number of amides is 1. The molecule has 0 bridgehead atoms. The largest absolute Gasteiger partial charge is 0.573 e. The first-order valence-electron chi connectivity index (χ1n) is 13.4. The summed E-state index contributed by atoms with van der Waals surface area (Å²) in [6, 6.07) is 10.6. The molecule has 44 heavy (non-hydrogen) atoms. The molecule has 11 nitrogen and oxygen atoms in total. The van der Waals surface area contributed by atoms with E-state index >= 15 is 0 Å². The molecule has 0 saturated carbocycles. The molecule has 3 aromatic rings. The molecule has 1 amide bonds. The zero-order valence-electron chi connectivity index (χ0n) is 24.5. The lowest BCUT2D eigenvalue weighted by atomic mass is 10.2. The number of sulfonamides is 1. The lowest BCUT2D eigenvalue weighted by Crippen LogP contribution is -2.51. The number of hydrogen-bond acceptors (Lipinski definition) is 9. The second-order valence-electron chi connectivity index (χ2n) is 10.7. The zero-order chi connectivity index (χ0) is 32.1. The van der Waals surface area contributed by atoms with Crippen LogP contribution in [0.15, 0.2) is 59.8 Å². The molecule has 1 saturated heterocycles. The van der Waals surface area contributed by atoms with Gasteiger partial charge in [-0.3, -0.25) is 0 Å². The summed E-state index contributed by atoms with van der Waals surface area (Å²) in [5, 5.41) is 2.76. The number of hydrogen-bond donors (Lipinski definition) is 1. The van der Waals surface area contributed by atoms with Crippen molar-refractivity contribution in [3.63, 3.8) is 0 Å². The van der Waals surface area contributed by atoms with Crippen molar-refractivity contribution in [1.29, 1.82) is 0 Å². The normalized spacial score (nSPS) is 14.8. The van der Waals surface area contributed by atoms with Gasteiger partial charge in [0.25, 0.3) is 0 Å². The first-order chi connectivity index (χ1) is 20.6. The number of nitrogens with zero attached hydrogens (tertiary/aromatic N) is 4. The third kappa shape index (κ3) is 8.83. The molecule has 1 N–H and O–H groups in total. The Balaban J connectivity index is 1.48. The first-order valence-corrected chi connectivity index (χ1v) is 14.9. The maximum atomic E-state index is 13.4. The SMILES string of the molecule is COc1cccc(C=Cc2cnc(Nc3ccc(S(=O)(=O)N4CCN(C(=O)OC(C)(C)C)CC4)c(OC(F)(F)F)c3)nc2)c1. The summed E-state index contributed by atoms with van der Waals surface area (Å²) < 4.78 is 82.4. The van der Waals surface area contributed by atoms with E-state index in [9.17, 15) is 26.4 Å². The number of alkyl halides is 3. The Labute approximate surface area is 253 Å². The number of carbonyl (C=O) groups excluding carboxylic acids is 1. The van der Waals surface area contributed by atoms with E-state index < -0.39 is 38.7 Å². The third-order valence-electron chi connectivity index (χ3n) is 6.17. The summed E-state index contributed by atoms with van der Waals surface area (Å²) in [5.74, 6) is -0.151. The number of anilines is 2. The highest BCUT2D eigenvalue weighted by molar-refractivity contribution is 7.89. The number of nitrogens with one attached hydrogen (secondary N) is 1. The standard InChI is InChI=1S/C29H32F3N5O6S/c1-28(2,3)43-27(38)36-12-14-37(15-13-36)44(39,40)25-11-10-22(17-24(25)42-29(30,31)32)35-26-33-18-21(19-34-26)9-8-20-6-5-7-23(16-20)41-4/h5-11,16-19H,12-15H2,1-4H3,(H,33,34,35). The molecule has 4 rings (SSSR count). The summed E-state index contributed by atoms with van der Waals surface area (Å²) in [6.45, 7) is 4.84. The molecule has 2 aromatic carbocycles. The highest BCUT2D eigenvalue weighted by Gasteiger charge is 2.37. The molecule has 0 spiro atoms. The molecule has 0 unspecified atom stereocenters. The third-order valence-corrected chi connectivity index (χ3v) is 8.11. The Hall–Kier alpha value is -4.37. The zero-order valence-corrected chi connectivity index (χ0v) is 25.3. The molecule has 15 heteroatoms. The van der Waals surface area contributed by atoms with E-state index in [1.54, 1.807) is 34.0 Å². The van der Waals surface area contributed by atoms with Crippen LogP contribution in [0.5, 0.6) is 11.5 Å². The predicted molar refractivity (Wildman–Crippen MR) is 157 cm³/mol. The van der Waals surface area contributed by atoms with Crippen LogP contribution < -0.4 is 14.8 Å². The number of benzene rings is 2. The lowest BCUT2D eigenvalue weighted by molar-refractivity contribution is -0.275. The Morgan fingerprint density at radius 3 is 2.23 bits per heavy atom. The van der Waals surface area contributed by atoms with Crippen LogP contribution in [0, 0.1) is 0 Å². The minimum Gasteiger partial charge on any atom is -0.497 e. The van der Waals surface area contributed by atoms with Crippen molar-refractivity contribution in [2.45, 2.75) is 37.6 Å². The van der Waals surface area contributed by atoms with Crippen LogP contribution in [-0.2, 0) is 14.8 Å². The molecular formula is C29H32F3N5O6S. The van der Waals surface area contributed by atoms with E-state index in [-0.39, 0.29) is 37.8 Å². The topological polar surface area (TPSA) is 123 Å². The fourth-order valence-corrected chi connectivity index (χ4v) is 5.65. The van der Waals surface area contributed by atoms with Gasteiger partial charge >= 0.3 is 12.5 Å². The molecule has 0 aliphatic carbocycles. The molecule has 1 aromatic heterocycles. The van der Waals surface area contributed by atoms with Crippen molar-refractivity contribution in [2.24, 2.45) is 0 Å². The molecule has 0 atom stereocenters. The van der Waals surface area contributed by atoms with Gasteiger partial charge in [0.1, 0.15) is 16.2 Å². The quantitative estimate of drug-likeness (QED) is 0.340. The van der Waals surface area contributed by atoms with Crippen LogP contribution in [0.4, 0.5) is 29.6 Å². The number of rotatable bonds is 8. The number of piperazine rings is 1. The van der Waals surface area contributed by atoms with E-state index in [1.807, 2.05) is 30.3 Å². The Bertz CT molecular complexity index is 1600. The van der Waals surface area contributed by atoms with E-state index in [2.05, 4.69) is 20.0 Å². The van der Waals surface area contributed by atoms with Crippen molar-refractivity contribution < 1.29 is 40.6 Å². The van der Waals surface area contributed by atoms with Gasteiger partial charge < -0.3 is 24.4 Å². The maximum absolute atomic E-state index is 13.4. The second kappa shape index (κ2) is 13.1. The average Bonchev–Trinajstić information content (AvgIpc) is 2.95. The maximum Gasteiger partial charge on any atom is 0.573 e. The van der Waals surface area contributed by atoms with Gasteiger partial charge in [0.2, 0.25) is 16.0 Å². The van der Waals surface area contributed by atoms with Gasteiger partial charge in [-0.1, -0.05) is 24.3 Å². The molecule has 0 radical (unpaired) electrons. The van der Waals surface area contributed by atoms with Gasteiger partial charge in [-0.05, 0) is 50.6 Å². The molecule has 236 valence electrons. The van der Waals surface area contributed by atoms with Gasteiger partial charge in [-0.15, -0.1) is 13.2 Å². The highest BCUT2D eigenvalue weighted by Crippen LogP contribution is 2.35. The fraction of sp³-hybridized carbons (Fsp3) is 0.345. The van der Waals surface area contributed by atoms with Crippen LogP contribution in [0.25, 0.3) is 12.2 Å². The summed E-state index contributed by atoms with van der Waals surface area (Å²) in [5.41, 5.74) is 0.885. The summed E-state index contributed by atoms with van der Waals surface area (Å²) in [4.78, 5) is 21.4. The monoisotopic (exact) mass is 635 g/mol. The molecule has 1 aliphatic heterocycles. The Kier molecular flexibility index (Phi) is 9.69. The van der Waals surface area contributed by atoms with Gasteiger partial charge in [0, 0.05) is 55.9 Å². The molecule has 2 heterocycles. The average molecular weight is 636 g/mol. The van der Waals surface area contributed by atoms with Crippen molar-refractivity contribution in [1.82, 2.24) is 19.2 Å². The molecule has 1 aliphatic rings. The van der Waals surface area contributed by atoms with E-state index in [1.165, 1.54) is 23.4 Å². The van der Waals surface area contributed by atoms with Gasteiger partial charge in [0.05, 0.1) is 7.11 Å². The van der Waals surface area contributed by atoms with Gasteiger partial charge in [-0.2, -0.15) is 4.31 Å². The van der Waals surface area contributed by atoms with Crippen molar-refractivity contribution >= 4 is 39.9 Å². The summed E-state index contributed by atoms with van der Waals surface area (Å²) >= 11 is 0. The van der Waals surface area contributed by atoms with Crippen LogP contribution in [0.1, 0.15) is 31.9 Å². The molecule has 1 fully saturated rings. The van der Waals surface area contributed by atoms with E-state index in [0.717, 1.165) is 22.0 Å². The predicted octanol–water partition coefficient (Wildman–Crippen LogP) is 5.54. The summed E-state index contributed by atoms with van der Waals surface area (Å²) in [6.07, 6.45) is 0.871. The van der Waals surface area contributed by atoms with Crippen molar-refractivity contribution in [2.75, 3.05) is 38.6 Å². The highest BCUT2D eigenvalue weighted by atomic mass is 32.2. The number of ether oxygens (including phenoxy) is 3. The van der Waals surface area contributed by atoms with Crippen molar-refractivity contribution in [3.8, 4) is 11.5 Å². The van der Waals surface area contributed by atoms with Crippen molar-refractivity contribution in [3.05, 3.63) is 66.0 Å². The summed E-state index contributed by atoms with van der Waals surface area (Å²) in [7, 11) is -2.85. The lowest BCUT2D eigenvalue weighted by Gasteiger charge is -2.35. The number of halogens is 3. The minimum atomic E-state index is -5.16. The van der Waals surface area contributed by atoms with Crippen LogP contribution >= 0.6 is 0 Å². The van der Waals surface area contributed by atoms with Crippen LogP contribution in [0.3, 0.4) is 0 Å². The number of aromatic nitrogens is 2. The number of methoxy groups -OCH3 is 1. The van der Waals surface area contributed by atoms with Crippen LogP contribution in [-0.4, -0.2) is 78.9 Å². The minimum absolute atomic E-state index is 0.00527. The first kappa shape index (κ1) is 32.5.